The molecule has 4 nitrogen and oxygen atoms in total. The predicted octanol–water partition coefficient (Wildman–Crippen LogP) is 1.44. The monoisotopic (exact) mass is 247 g/mol. The number of hydrogen-bond donors (Lipinski definition) is 1. The third-order valence-corrected chi connectivity index (χ3v) is 2.86. The van der Waals surface area contributed by atoms with Crippen molar-refractivity contribution in [2.75, 3.05) is 25.2 Å². The van der Waals surface area contributed by atoms with Gasteiger partial charge in [0, 0.05) is 13.0 Å². The lowest BCUT2D eigenvalue weighted by molar-refractivity contribution is -0.144. The maximum Gasteiger partial charge on any atom is 0.306 e. The highest BCUT2D eigenvalue weighted by molar-refractivity contribution is 7.98. The Bertz CT molecular complexity index is 221. The fourth-order valence-electron chi connectivity index (χ4n) is 1.17. The minimum atomic E-state index is -0.310. The lowest BCUT2D eigenvalue weighted by Crippen LogP contribution is -2.29. The van der Waals surface area contributed by atoms with Crippen molar-refractivity contribution in [1.82, 2.24) is 5.32 Å². The molecule has 0 fully saturated rings. The molecule has 0 aliphatic carbocycles. The molecule has 0 bridgehead atoms. The van der Waals surface area contributed by atoms with E-state index in [-0.39, 0.29) is 24.7 Å². The Labute approximate surface area is 101 Å². The van der Waals surface area contributed by atoms with E-state index in [1.165, 1.54) is 0 Å². The zero-order valence-corrected chi connectivity index (χ0v) is 11.1. The van der Waals surface area contributed by atoms with E-state index in [0.717, 1.165) is 5.75 Å². The van der Waals surface area contributed by atoms with E-state index in [0.29, 0.717) is 19.1 Å². The van der Waals surface area contributed by atoms with Crippen molar-refractivity contribution >= 4 is 23.6 Å². The molecule has 0 rings (SSSR count). The second-order valence-electron chi connectivity index (χ2n) is 3.67. The van der Waals surface area contributed by atoms with Crippen molar-refractivity contribution in [2.45, 2.75) is 26.7 Å². The van der Waals surface area contributed by atoms with Crippen molar-refractivity contribution in [3.05, 3.63) is 0 Å². The van der Waals surface area contributed by atoms with Crippen LogP contribution < -0.4 is 5.32 Å². The molecule has 0 aliphatic rings. The molecule has 0 heterocycles. The standard InChI is InChI=1S/C11H21NO3S/c1-4-15-11(14)6-5-10(13)12-7-9(2)8-16-3/h9H,4-8H2,1-3H3,(H,12,13). The third kappa shape index (κ3) is 8.59. The molecule has 0 aromatic rings. The van der Waals surface area contributed by atoms with Gasteiger partial charge in [-0.15, -0.1) is 0 Å². The van der Waals surface area contributed by atoms with Gasteiger partial charge in [-0.1, -0.05) is 6.92 Å². The molecule has 94 valence electrons. The van der Waals surface area contributed by atoms with Crippen molar-refractivity contribution in [2.24, 2.45) is 5.92 Å². The Morgan fingerprint density at radius 1 is 1.38 bits per heavy atom. The summed E-state index contributed by atoms with van der Waals surface area (Å²) in [5.74, 6) is 1.09. The van der Waals surface area contributed by atoms with Crippen LogP contribution in [0.15, 0.2) is 0 Å². The van der Waals surface area contributed by atoms with E-state index >= 15 is 0 Å². The molecule has 1 amide bonds. The lowest BCUT2D eigenvalue weighted by atomic mass is 10.2. The summed E-state index contributed by atoms with van der Waals surface area (Å²) >= 11 is 1.76. The van der Waals surface area contributed by atoms with E-state index in [2.05, 4.69) is 12.2 Å². The van der Waals surface area contributed by atoms with E-state index in [9.17, 15) is 9.59 Å². The van der Waals surface area contributed by atoms with Crippen LogP contribution in [-0.2, 0) is 14.3 Å². The van der Waals surface area contributed by atoms with Crippen molar-refractivity contribution in [1.29, 1.82) is 0 Å². The number of hydrogen-bond acceptors (Lipinski definition) is 4. The van der Waals surface area contributed by atoms with Gasteiger partial charge in [-0.25, -0.2) is 0 Å². The molecule has 0 saturated carbocycles. The Morgan fingerprint density at radius 3 is 2.62 bits per heavy atom. The van der Waals surface area contributed by atoms with E-state index < -0.39 is 0 Å². The molecule has 0 aromatic carbocycles. The maximum absolute atomic E-state index is 11.3. The Hall–Kier alpha value is -0.710. The van der Waals surface area contributed by atoms with Gasteiger partial charge >= 0.3 is 5.97 Å². The van der Waals surface area contributed by atoms with Gasteiger partial charge in [0.2, 0.25) is 5.91 Å². The number of amides is 1. The smallest absolute Gasteiger partial charge is 0.306 e. The molecule has 0 saturated heterocycles. The molecule has 0 radical (unpaired) electrons. The van der Waals surface area contributed by atoms with E-state index in [4.69, 9.17) is 4.74 Å². The topological polar surface area (TPSA) is 55.4 Å². The first-order chi connectivity index (χ1) is 7.60. The fraction of sp³-hybridized carbons (Fsp3) is 0.818. The van der Waals surface area contributed by atoms with E-state index in [1.807, 2.05) is 6.26 Å². The van der Waals surface area contributed by atoms with Gasteiger partial charge in [0.15, 0.2) is 0 Å². The highest BCUT2D eigenvalue weighted by atomic mass is 32.2. The molecule has 16 heavy (non-hydrogen) atoms. The molecular formula is C11H21NO3S. The molecule has 1 atom stereocenters. The first kappa shape index (κ1) is 15.3. The fourth-order valence-corrected chi connectivity index (χ4v) is 1.86. The van der Waals surface area contributed by atoms with Crippen LogP contribution in [0.3, 0.4) is 0 Å². The number of ether oxygens (including phenoxy) is 1. The quantitative estimate of drug-likeness (QED) is 0.660. The number of esters is 1. The summed E-state index contributed by atoms with van der Waals surface area (Å²) in [6, 6.07) is 0. The minimum Gasteiger partial charge on any atom is -0.466 e. The molecule has 1 unspecified atom stereocenters. The molecule has 0 aliphatic heterocycles. The van der Waals surface area contributed by atoms with Gasteiger partial charge in [0.25, 0.3) is 0 Å². The van der Waals surface area contributed by atoms with Crippen LogP contribution in [0.5, 0.6) is 0 Å². The third-order valence-electron chi connectivity index (χ3n) is 1.96. The zero-order chi connectivity index (χ0) is 12.4. The molecular weight excluding hydrogens is 226 g/mol. The van der Waals surface area contributed by atoms with Crippen LogP contribution in [0.2, 0.25) is 0 Å². The SMILES string of the molecule is CCOC(=O)CCC(=O)NCC(C)CSC. The number of rotatable bonds is 8. The summed E-state index contributed by atoms with van der Waals surface area (Å²) in [5.41, 5.74) is 0. The summed E-state index contributed by atoms with van der Waals surface area (Å²) < 4.78 is 4.73. The molecule has 0 spiro atoms. The van der Waals surface area contributed by atoms with Crippen LogP contribution >= 0.6 is 11.8 Å². The van der Waals surface area contributed by atoms with Gasteiger partial charge in [0.1, 0.15) is 0 Å². The average Bonchev–Trinajstić information content (AvgIpc) is 2.24. The zero-order valence-electron chi connectivity index (χ0n) is 10.2. The minimum absolute atomic E-state index is 0.0824. The molecule has 5 heteroatoms. The number of thioether (sulfide) groups is 1. The summed E-state index contributed by atoms with van der Waals surface area (Å²) in [4.78, 5) is 22.3. The van der Waals surface area contributed by atoms with Crippen LogP contribution in [0.25, 0.3) is 0 Å². The second kappa shape index (κ2) is 9.51. The van der Waals surface area contributed by atoms with Crippen molar-refractivity contribution in [3.8, 4) is 0 Å². The van der Waals surface area contributed by atoms with Gasteiger partial charge in [-0.2, -0.15) is 11.8 Å². The largest absolute Gasteiger partial charge is 0.466 e. The highest BCUT2D eigenvalue weighted by Crippen LogP contribution is 2.02. The van der Waals surface area contributed by atoms with Crippen molar-refractivity contribution < 1.29 is 14.3 Å². The summed E-state index contributed by atoms with van der Waals surface area (Å²) in [6.45, 7) is 4.87. The maximum atomic E-state index is 11.3. The van der Waals surface area contributed by atoms with Crippen LogP contribution in [0, 0.1) is 5.92 Å². The number of carbonyl (C=O) groups is 2. The number of nitrogens with one attached hydrogen (secondary N) is 1. The normalized spacial score (nSPS) is 11.9. The lowest BCUT2D eigenvalue weighted by Gasteiger charge is -2.10. The first-order valence-corrected chi connectivity index (χ1v) is 6.90. The first-order valence-electron chi connectivity index (χ1n) is 5.51. The van der Waals surface area contributed by atoms with Crippen LogP contribution in [-0.4, -0.2) is 37.0 Å². The summed E-state index contributed by atoms with van der Waals surface area (Å²) in [7, 11) is 0. The van der Waals surface area contributed by atoms with Gasteiger partial charge < -0.3 is 10.1 Å². The predicted molar refractivity (Wildman–Crippen MR) is 66.4 cm³/mol. The summed E-state index contributed by atoms with van der Waals surface area (Å²) in [5, 5.41) is 2.80. The van der Waals surface area contributed by atoms with Gasteiger partial charge in [-0.05, 0) is 24.9 Å². The Morgan fingerprint density at radius 2 is 2.06 bits per heavy atom. The average molecular weight is 247 g/mol. The van der Waals surface area contributed by atoms with Gasteiger partial charge in [-0.3, -0.25) is 9.59 Å². The number of carbonyl (C=O) groups excluding carboxylic acids is 2. The van der Waals surface area contributed by atoms with Gasteiger partial charge in [0.05, 0.1) is 13.0 Å². The van der Waals surface area contributed by atoms with E-state index in [1.54, 1.807) is 18.7 Å². The second-order valence-corrected chi connectivity index (χ2v) is 4.58. The van der Waals surface area contributed by atoms with Crippen LogP contribution in [0.4, 0.5) is 0 Å². The molecule has 1 N–H and O–H groups in total. The Balaban J connectivity index is 3.55. The van der Waals surface area contributed by atoms with Crippen LogP contribution in [0.1, 0.15) is 26.7 Å². The van der Waals surface area contributed by atoms with Crippen molar-refractivity contribution in [3.63, 3.8) is 0 Å². The Kier molecular flexibility index (Phi) is 9.09. The molecule has 0 aromatic heterocycles. The highest BCUT2D eigenvalue weighted by Gasteiger charge is 2.08. The summed E-state index contributed by atoms with van der Waals surface area (Å²) in [6.07, 6.45) is 2.42.